The van der Waals surface area contributed by atoms with E-state index in [-0.39, 0.29) is 16.8 Å². The molecule has 0 saturated carbocycles. The van der Waals surface area contributed by atoms with Gasteiger partial charge in [0.25, 0.3) is 10.0 Å². The maximum absolute atomic E-state index is 13.1. The molecule has 1 amide bonds. The van der Waals surface area contributed by atoms with Gasteiger partial charge in [-0.2, -0.15) is 8.42 Å². The number of nitrogens with zero attached hydrogens (tertiary/aromatic N) is 3. The molecule has 2 aliphatic heterocycles. The number of likely N-dealkylation sites (tertiary alicyclic amines) is 1. The number of methoxy groups -OCH3 is 1. The van der Waals surface area contributed by atoms with E-state index in [1.807, 2.05) is 43.3 Å². The number of carbonyl (C=O) groups is 1. The number of carbonyl (C=O) groups excluding carboxylic acids is 1. The number of ether oxygens (including phenoxy) is 1. The van der Waals surface area contributed by atoms with Gasteiger partial charge in [0, 0.05) is 18.7 Å². The first-order chi connectivity index (χ1) is 15.3. The highest BCUT2D eigenvalue weighted by Crippen LogP contribution is 2.31. The summed E-state index contributed by atoms with van der Waals surface area (Å²) >= 11 is 0. The first-order valence-corrected chi connectivity index (χ1v) is 12.0. The molecular weight excluding hydrogens is 428 g/mol. The van der Waals surface area contributed by atoms with Crippen LogP contribution in [0.15, 0.2) is 57.8 Å². The van der Waals surface area contributed by atoms with Crippen LogP contribution in [0.1, 0.15) is 30.0 Å². The van der Waals surface area contributed by atoms with Gasteiger partial charge in [-0.3, -0.25) is 4.79 Å². The number of amides is 1. The quantitative estimate of drug-likeness (QED) is 0.715. The minimum atomic E-state index is -3.72. The average Bonchev–Trinajstić information content (AvgIpc) is 3.37. The van der Waals surface area contributed by atoms with E-state index < -0.39 is 16.1 Å². The second-order valence-corrected chi connectivity index (χ2v) is 9.81. The molecule has 0 aliphatic carbocycles. The predicted octanol–water partition coefficient (Wildman–Crippen LogP) is 2.03. The fourth-order valence-corrected chi connectivity index (χ4v) is 5.55. The molecule has 170 valence electrons. The molecule has 1 N–H and O–H groups in total. The lowest BCUT2D eigenvalue weighted by Crippen LogP contribution is -2.47. The summed E-state index contributed by atoms with van der Waals surface area (Å²) in [5.74, 6) is 1.04. The van der Waals surface area contributed by atoms with Crippen molar-refractivity contribution in [3.63, 3.8) is 0 Å². The van der Waals surface area contributed by atoms with Gasteiger partial charge in [-0.25, -0.2) is 0 Å². The lowest BCUT2D eigenvalue weighted by atomic mass is 10.1. The molecule has 2 atom stereocenters. The van der Waals surface area contributed by atoms with Crippen LogP contribution in [-0.4, -0.2) is 70.3 Å². The minimum Gasteiger partial charge on any atom is -0.497 e. The summed E-state index contributed by atoms with van der Waals surface area (Å²) in [7, 11) is 1.85. The van der Waals surface area contributed by atoms with E-state index in [1.165, 1.54) is 0 Å². The van der Waals surface area contributed by atoms with E-state index in [1.54, 1.807) is 31.4 Å². The summed E-state index contributed by atoms with van der Waals surface area (Å²) in [4.78, 5) is 17.2. The summed E-state index contributed by atoms with van der Waals surface area (Å²) in [6, 6.07) is 14.1. The van der Waals surface area contributed by atoms with E-state index in [0.29, 0.717) is 30.9 Å². The van der Waals surface area contributed by atoms with Gasteiger partial charge in [0.2, 0.25) is 5.91 Å². The summed E-state index contributed by atoms with van der Waals surface area (Å²) in [5.41, 5.74) is 1.64. The Morgan fingerprint density at radius 3 is 2.62 bits per heavy atom. The van der Waals surface area contributed by atoms with Gasteiger partial charge < -0.3 is 19.9 Å². The molecule has 2 aromatic carbocycles. The first-order valence-electron chi connectivity index (χ1n) is 10.6. The second kappa shape index (κ2) is 8.91. The van der Waals surface area contributed by atoms with Crippen LogP contribution in [0, 0.1) is 0 Å². The fraction of sp³-hybridized carbons (Fsp3) is 0.391. The molecule has 9 heteroatoms. The van der Waals surface area contributed by atoms with Crippen molar-refractivity contribution >= 4 is 21.8 Å². The van der Waals surface area contributed by atoms with E-state index in [2.05, 4.69) is 14.6 Å². The SMILES string of the molecule is COc1ccc([C@H](CNC(=O)[C@@H]2CCCN2C2=NS(=O)(=O)c3ccccc32)N(C)C)cc1. The molecule has 0 unspecified atom stereocenters. The number of amidine groups is 1. The third kappa shape index (κ3) is 4.22. The van der Waals surface area contributed by atoms with Crippen LogP contribution in [0.4, 0.5) is 0 Å². The molecule has 0 aromatic heterocycles. The smallest absolute Gasteiger partial charge is 0.285 e. The maximum atomic E-state index is 13.1. The van der Waals surface area contributed by atoms with E-state index in [4.69, 9.17) is 4.74 Å². The molecule has 0 spiro atoms. The maximum Gasteiger partial charge on any atom is 0.285 e. The Kier molecular flexibility index (Phi) is 6.21. The molecule has 2 aliphatic rings. The second-order valence-electron chi connectivity index (χ2n) is 8.24. The normalized spacial score (nSPS) is 20.1. The van der Waals surface area contributed by atoms with Gasteiger partial charge in [-0.15, -0.1) is 4.40 Å². The van der Waals surface area contributed by atoms with E-state index in [0.717, 1.165) is 17.7 Å². The zero-order chi connectivity index (χ0) is 22.9. The number of benzene rings is 2. The Morgan fingerprint density at radius 2 is 1.94 bits per heavy atom. The van der Waals surface area contributed by atoms with Crippen LogP contribution in [0.2, 0.25) is 0 Å². The van der Waals surface area contributed by atoms with Crippen LogP contribution >= 0.6 is 0 Å². The summed E-state index contributed by atoms with van der Waals surface area (Å²) < 4.78 is 34.2. The van der Waals surface area contributed by atoms with Crippen LogP contribution in [0.3, 0.4) is 0 Å². The van der Waals surface area contributed by atoms with Crippen molar-refractivity contribution in [2.45, 2.75) is 29.8 Å². The van der Waals surface area contributed by atoms with Crippen molar-refractivity contribution in [3.05, 3.63) is 59.7 Å². The van der Waals surface area contributed by atoms with Gasteiger partial charge in [0.15, 0.2) is 5.84 Å². The Labute approximate surface area is 188 Å². The monoisotopic (exact) mass is 456 g/mol. The third-order valence-corrected chi connectivity index (χ3v) is 7.36. The number of hydrogen-bond acceptors (Lipinski definition) is 6. The molecule has 4 rings (SSSR count). The molecule has 1 saturated heterocycles. The molecule has 1 fully saturated rings. The summed E-state index contributed by atoms with van der Waals surface area (Å²) in [6.45, 7) is 1.03. The minimum absolute atomic E-state index is 0.00960. The Morgan fingerprint density at radius 1 is 1.22 bits per heavy atom. The largest absolute Gasteiger partial charge is 0.497 e. The number of hydrogen-bond donors (Lipinski definition) is 1. The number of likely N-dealkylation sites (N-methyl/N-ethyl adjacent to an activating group) is 1. The molecule has 0 bridgehead atoms. The molecule has 0 radical (unpaired) electrons. The van der Waals surface area contributed by atoms with Gasteiger partial charge >= 0.3 is 0 Å². The molecule has 2 heterocycles. The highest BCUT2D eigenvalue weighted by atomic mass is 32.2. The molecule has 32 heavy (non-hydrogen) atoms. The van der Waals surface area contributed by atoms with Crippen molar-refractivity contribution in [2.24, 2.45) is 4.40 Å². The predicted molar refractivity (Wildman–Crippen MR) is 122 cm³/mol. The highest BCUT2D eigenvalue weighted by molar-refractivity contribution is 7.90. The van der Waals surface area contributed by atoms with Crippen LogP contribution < -0.4 is 10.1 Å². The topological polar surface area (TPSA) is 91.3 Å². The summed E-state index contributed by atoms with van der Waals surface area (Å²) in [6.07, 6.45) is 1.46. The van der Waals surface area contributed by atoms with Gasteiger partial charge in [-0.1, -0.05) is 24.3 Å². The van der Waals surface area contributed by atoms with E-state index >= 15 is 0 Å². The van der Waals surface area contributed by atoms with Crippen molar-refractivity contribution < 1.29 is 17.9 Å². The van der Waals surface area contributed by atoms with Crippen LogP contribution in [0.5, 0.6) is 5.75 Å². The zero-order valence-electron chi connectivity index (χ0n) is 18.5. The number of sulfonamides is 1. The molecule has 2 aromatic rings. The standard InChI is InChI=1S/C23H28N4O4S/c1-26(2)20(16-10-12-17(31-3)13-11-16)15-24-23(28)19-8-6-14-27(19)22-18-7-4-5-9-21(18)32(29,30)25-22/h4-5,7,9-13,19-20H,6,8,14-15H2,1-3H3,(H,24,28)/t19-,20-/m0/s1. The van der Waals surface area contributed by atoms with E-state index in [9.17, 15) is 13.2 Å². The lowest BCUT2D eigenvalue weighted by Gasteiger charge is -2.28. The summed E-state index contributed by atoms with van der Waals surface area (Å²) in [5, 5.41) is 3.07. The Bertz CT molecular complexity index is 1130. The highest BCUT2D eigenvalue weighted by Gasteiger charge is 2.39. The number of fused-ring (bicyclic) bond motifs is 1. The van der Waals surface area contributed by atoms with Crippen molar-refractivity contribution in [1.29, 1.82) is 0 Å². The van der Waals surface area contributed by atoms with Gasteiger partial charge in [0.05, 0.1) is 13.2 Å². The third-order valence-electron chi connectivity index (χ3n) is 6.03. The van der Waals surface area contributed by atoms with Crippen LogP contribution in [0.25, 0.3) is 0 Å². The Balaban J connectivity index is 1.49. The Hall–Kier alpha value is -2.91. The van der Waals surface area contributed by atoms with Crippen molar-refractivity contribution in [3.8, 4) is 5.75 Å². The number of nitrogens with one attached hydrogen (secondary N) is 1. The molecular formula is C23H28N4O4S. The van der Waals surface area contributed by atoms with Crippen molar-refractivity contribution in [2.75, 3.05) is 34.3 Å². The number of rotatable bonds is 6. The molecule has 8 nitrogen and oxygen atoms in total. The average molecular weight is 457 g/mol. The fourth-order valence-electron chi connectivity index (χ4n) is 4.33. The van der Waals surface area contributed by atoms with Crippen LogP contribution in [-0.2, 0) is 14.8 Å². The van der Waals surface area contributed by atoms with Crippen molar-refractivity contribution in [1.82, 2.24) is 15.1 Å². The van der Waals surface area contributed by atoms with Gasteiger partial charge in [-0.05, 0) is 56.8 Å². The zero-order valence-corrected chi connectivity index (χ0v) is 19.3. The van der Waals surface area contributed by atoms with Gasteiger partial charge in [0.1, 0.15) is 16.7 Å². The lowest BCUT2D eigenvalue weighted by molar-refractivity contribution is -0.124. The first kappa shape index (κ1) is 22.3.